The van der Waals surface area contributed by atoms with Crippen LogP contribution in [0.25, 0.3) is 0 Å². The molecule has 0 aliphatic heterocycles. The SMILES string of the molecule is CC(Cc1ccccc1)N[C@@H]1CCCC[C@H]1NC(C)Cc1ccccc1. The predicted octanol–water partition coefficient (Wildman–Crippen LogP) is 4.74. The van der Waals surface area contributed by atoms with Crippen molar-refractivity contribution in [2.24, 2.45) is 0 Å². The summed E-state index contributed by atoms with van der Waals surface area (Å²) in [5, 5.41) is 7.85. The van der Waals surface area contributed by atoms with E-state index in [9.17, 15) is 0 Å². The maximum absolute atomic E-state index is 3.92. The van der Waals surface area contributed by atoms with Crippen LogP contribution >= 0.6 is 0 Å². The van der Waals surface area contributed by atoms with Crippen LogP contribution < -0.4 is 10.6 Å². The molecule has 2 aromatic rings. The quantitative estimate of drug-likeness (QED) is 0.718. The van der Waals surface area contributed by atoms with E-state index in [0.717, 1.165) is 12.8 Å². The largest absolute Gasteiger partial charge is 0.310 e. The summed E-state index contributed by atoms with van der Waals surface area (Å²) < 4.78 is 0. The molecule has 4 atom stereocenters. The predicted molar refractivity (Wildman–Crippen MR) is 112 cm³/mol. The summed E-state index contributed by atoms with van der Waals surface area (Å²) in [6.07, 6.45) is 7.47. The molecular formula is C24H34N2. The van der Waals surface area contributed by atoms with Crippen LogP contribution in [0.3, 0.4) is 0 Å². The van der Waals surface area contributed by atoms with E-state index in [1.807, 2.05) is 0 Å². The first kappa shape index (κ1) is 19.1. The highest BCUT2D eigenvalue weighted by molar-refractivity contribution is 5.16. The van der Waals surface area contributed by atoms with E-state index in [0.29, 0.717) is 24.2 Å². The third-order valence-corrected chi connectivity index (χ3v) is 5.53. The van der Waals surface area contributed by atoms with Gasteiger partial charge in [-0.1, -0.05) is 73.5 Å². The summed E-state index contributed by atoms with van der Waals surface area (Å²) in [5.74, 6) is 0. The smallest absolute Gasteiger partial charge is 0.0223 e. The van der Waals surface area contributed by atoms with Gasteiger partial charge in [0, 0.05) is 24.2 Å². The molecule has 2 N–H and O–H groups in total. The summed E-state index contributed by atoms with van der Waals surface area (Å²) in [4.78, 5) is 0. The Bertz CT molecular complexity index is 568. The van der Waals surface area contributed by atoms with Crippen LogP contribution in [0.1, 0.15) is 50.7 Å². The molecule has 2 nitrogen and oxygen atoms in total. The summed E-state index contributed by atoms with van der Waals surface area (Å²) in [5.41, 5.74) is 2.84. The van der Waals surface area contributed by atoms with Gasteiger partial charge in [-0.2, -0.15) is 0 Å². The lowest BCUT2D eigenvalue weighted by atomic mass is 9.88. The number of hydrogen-bond acceptors (Lipinski definition) is 2. The molecule has 0 spiro atoms. The van der Waals surface area contributed by atoms with Gasteiger partial charge in [0.15, 0.2) is 0 Å². The Morgan fingerprint density at radius 1 is 0.692 bits per heavy atom. The van der Waals surface area contributed by atoms with Gasteiger partial charge < -0.3 is 10.6 Å². The Morgan fingerprint density at radius 2 is 1.08 bits per heavy atom. The van der Waals surface area contributed by atoms with E-state index in [2.05, 4.69) is 85.1 Å². The highest BCUT2D eigenvalue weighted by atomic mass is 15.1. The highest BCUT2D eigenvalue weighted by Crippen LogP contribution is 2.20. The average Bonchev–Trinajstić information content (AvgIpc) is 2.65. The maximum Gasteiger partial charge on any atom is 0.0223 e. The molecule has 1 aliphatic carbocycles. The molecule has 1 aliphatic rings. The number of rotatable bonds is 8. The second-order valence-corrected chi connectivity index (χ2v) is 8.01. The zero-order valence-corrected chi connectivity index (χ0v) is 16.3. The number of nitrogens with one attached hydrogen (secondary N) is 2. The number of hydrogen-bond donors (Lipinski definition) is 2. The lowest BCUT2D eigenvalue weighted by Gasteiger charge is -2.37. The van der Waals surface area contributed by atoms with Crippen molar-refractivity contribution in [3.63, 3.8) is 0 Å². The van der Waals surface area contributed by atoms with E-state index in [-0.39, 0.29) is 0 Å². The van der Waals surface area contributed by atoms with Gasteiger partial charge in [-0.15, -0.1) is 0 Å². The van der Waals surface area contributed by atoms with E-state index in [1.165, 1.54) is 36.8 Å². The molecule has 0 bridgehead atoms. The molecule has 2 heteroatoms. The maximum atomic E-state index is 3.92. The van der Waals surface area contributed by atoms with E-state index >= 15 is 0 Å². The minimum absolute atomic E-state index is 0.509. The lowest BCUT2D eigenvalue weighted by molar-refractivity contribution is 0.251. The topological polar surface area (TPSA) is 24.1 Å². The van der Waals surface area contributed by atoms with Gasteiger partial charge in [-0.05, 0) is 50.7 Å². The van der Waals surface area contributed by atoms with Crippen molar-refractivity contribution >= 4 is 0 Å². The third-order valence-electron chi connectivity index (χ3n) is 5.53. The van der Waals surface area contributed by atoms with Gasteiger partial charge in [-0.3, -0.25) is 0 Å². The highest BCUT2D eigenvalue weighted by Gasteiger charge is 2.27. The first-order valence-electron chi connectivity index (χ1n) is 10.3. The molecule has 1 fully saturated rings. The Hall–Kier alpha value is -1.64. The van der Waals surface area contributed by atoms with Gasteiger partial charge in [0.25, 0.3) is 0 Å². The molecular weight excluding hydrogens is 316 g/mol. The minimum Gasteiger partial charge on any atom is -0.310 e. The Kier molecular flexibility index (Phi) is 7.28. The van der Waals surface area contributed by atoms with Crippen LogP contribution in [0.4, 0.5) is 0 Å². The summed E-state index contributed by atoms with van der Waals surface area (Å²) in [6.45, 7) is 4.65. The average molecular weight is 351 g/mol. The van der Waals surface area contributed by atoms with Crippen molar-refractivity contribution in [3.8, 4) is 0 Å². The summed E-state index contributed by atoms with van der Waals surface area (Å²) >= 11 is 0. The van der Waals surface area contributed by atoms with Crippen LogP contribution in [0.2, 0.25) is 0 Å². The van der Waals surface area contributed by atoms with Crippen molar-refractivity contribution < 1.29 is 0 Å². The van der Waals surface area contributed by atoms with Crippen LogP contribution in [0, 0.1) is 0 Å². The molecule has 0 heterocycles. The Morgan fingerprint density at radius 3 is 1.46 bits per heavy atom. The molecule has 0 amide bonds. The van der Waals surface area contributed by atoms with Crippen LogP contribution in [0.15, 0.2) is 60.7 Å². The lowest BCUT2D eigenvalue weighted by Crippen LogP contribution is -2.54. The van der Waals surface area contributed by atoms with Crippen molar-refractivity contribution in [2.45, 2.75) is 76.5 Å². The van der Waals surface area contributed by atoms with Gasteiger partial charge in [0.1, 0.15) is 0 Å². The molecule has 3 rings (SSSR count). The zero-order chi connectivity index (χ0) is 18.2. The Labute approximate surface area is 159 Å². The summed E-state index contributed by atoms with van der Waals surface area (Å²) in [6, 6.07) is 23.9. The molecule has 2 aromatic carbocycles. The van der Waals surface area contributed by atoms with Crippen molar-refractivity contribution in [1.82, 2.24) is 10.6 Å². The van der Waals surface area contributed by atoms with E-state index in [1.54, 1.807) is 0 Å². The van der Waals surface area contributed by atoms with Crippen molar-refractivity contribution in [3.05, 3.63) is 71.8 Å². The van der Waals surface area contributed by atoms with Crippen molar-refractivity contribution in [1.29, 1.82) is 0 Å². The monoisotopic (exact) mass is 350 g/mol. The molecule has 140 valence electrons. The van der Waals surface area contributed by atoms with Gasteiger partial charge >= 0.3 is 0 Å². The summed E-state index contributed by atoms with van der Waals surface area (Å²) in [7, 11) is 0. The van der Waals surface area contributed by atoms with E-state index < -0.39 is 0 Å². The first-order valence-corrected chi connectivity index (χ1v) is 10.3. The fraction of sp³-hybridized carbons (Fsp3) is 0.500. The zero-order valence-electron chi connectivity index (χ0n) is 16.3. The van der Waals surface area contributed by atoms with Gasteiger partial charge in [-0.25, -0.2) is 0 Å². The molecule has 0 radical (unpaired) electrons. The molecule has 0 aromatic heterocycles. The first-order chi connectivity index (χ1) is 12.7. The fourth-order valence-electron chi connectivity index (χ4n) is 4.31. The second-order valence-electron chi connectivity index (χ2n) is 8.01. The van der Waals surface area contributed by atoms with Crippen LogP contribution in [-0.2, 0) is 12.8 Å². The molecule has 26 heavy (non-hydrogen) atoms. The fourth-order valence-corrected chi connectivity index (χ4v) is 4.31. The normalized spacial score (nSPS) is 22.7. The Balaban J connectivity index is 1.52. The standard InChI is InChI=1S/C24H34N2/c1-19(17-21-11-5-3-6-12-21)25-23-15-9-10-16-24(23)26-20(2)18-22-13-7-4-8-14-22/h3-8,11-14,19-20,23-26H,9-10,15-18H2,1-2H3/t19?,20?,23-,24-/m1/s1. The molecule has 2 unspecified atom stereocenters. The van der Waals surface area contributed by atoms with Crippen LogP contribution in [-0.4, -0.2) is 24.2 Å². The minimum atomic E-state index is 0.509. The van der Waals surface area contributed by atoms with Gasteiger partial charge in [0.2, 0.25) is 0 Å². The van der Waals surface area contributed by atoms with Crippen molar-refractivity contribution in [2.75, 3.05) is 0 Å². The second kappa shape index (κ2) is 9.89. The third kappa shape index (κ3) is 5.96. The van der Waals surface area contributed by atoms with Crippen LogP contribution in [0.5, 0.6) is 0 Å². The molecule has 1 saturated carbocycles. The van der Waals surface area contributed by atoms with Gasteiger partial charge in [0.05, 0.1) is 0 Å². The number of benzene rings is 2. The molecule has 0 saturated heterocycles. The van der Waals surface area contributed by atoms with E-state index in [4.69, 9.17) is 0 Å².